The van der Waals surface area contributed by atoms with E-state index in [0.29, 0.717) is 24.5 Å². The van der Waals surface area contributed by atoms with Crippen LogP contribution in [0.4, 0.5) is 16.3 Å². The van der Waals surface area contributed by atoms with Gasteiger partial charge in [-0.05, 0) is 43.7 Å². The second-order valence-corrected chi connectivity index (χ2v) is 7.69. The van der Waals surface area contributed by atoms with E-state index in [1.165, 1.54) is 0 Å². The molecule has 1 aliphatic carbocycles. The molecule has 1 saturated heterocycles. The standard InChI is InChI=1S/C22H23N5O2/c1-15(16-5-3-2-4-6-16)25-21(29)26-19-13-18(9-11-24-19)27-12-10-22(14-23,20(27)28)17-7-8-17/h2-6,9,11,13,15,17H,7-8,10,12H2,1H3,(H2,24,25,26,29)/t15-,22+/m0/s1. The van der Waals surface area contributed by atoms with Crippen LogP contribution in [0.2, 0.25) is 0 Å². The lowest BCUT2D eigenvalue weighted by Gasteiger charge is -2.21. The summed E-state index contributed by atoms with van der Waals surface area (Å²) in [5, 5.41) is 15.2. The SMILES string of the molecule is C[C@H](NC(=O)Nc1cc(N2CC[C@@](C#N)(C3CC3)C2=O)ccn1)c1ccccc1. The molecule has 148 valence electrons. The molecule has 2 aromatic rings. The Kier molecular flexibility index (Phi) is 4.93. The lowest BCUT2D eigenvalue weighted by Crippen LogP contribution is -2.35. The predicted octanol–water partition coefficient (Wildman–Crippen LogP) is 3.62. The Hall–Kier alpha value is -3.40. The van der Waals surface area contributed by atoms with Crippen molar-refractivity contribution in [2.75, 3.05) is 16.8 Å². The van der Waals surface area contributed by atoms with E-state index in [1.807, 2.05) is 37.3 Å². The number of carbonyl (C=O) groups excluding carboxylic acids is 2. The first-order valence-electron chi connectivity index (χ1n) is 9.85. The van der Waals surface area contributed by atoms with Gasteiger partial charge in [0.2, 0.25) is 5.91 Å². The van der Waals surface area contributed by atoms with Crippen molar-refractivity contribution in [1.82, 2.24) is 10.3 Å². The molecular formula is C22H23N5O2. The number of benzene rings is 1. The van der Waals surface area contributed by atoms with Gasteiger partial charge in [0.1, 0.15) is 11.2 Å². The van der Waals surface area contributed by atoms with Crippen LogP contribution in [-0.2, 0) is 4.79 Å². The molecule has 1 aliphatic heterocycles. The van der Waals surface area contributed by atoms with Gasteiger partial charge < -0.3 is 10.2 Å². The fourth-order valence-electron chi connectivity index (χ4n) is 3.96. The van der Waals surface area contributed by atoms with Crippen LogP contribution in [-0.4, -0.2) is 23.5 Å². The Bertz CT molecular complexity index is 967. The van der Waals surface area contributed by atoms with E-state index in [9.17, 15) is 14.9 Å². The van der Waals surface area contributed by atoms with Crippen LogP contribution >= 0.6 is 0 Å². The van der Waals surface area contributed by atoms with Crippen molar-refractivity contribution in [2.24, 2.45) is 11.3 Å². The highest BCUT2D eigenvalue weighted by atomic mass is 16.2. The zero-order chi connectivity index (χ0) is 20.4. The largest absolute Gasteiger partial charge is 0.331 e. The molecule has 29 heavy (non-hydrogen) atoms. The Labute approximate surface area is 169 Å². The number of nitrogens with zero attached hydrogens (tertiary/aromatic N) is 3. The average molecular weight is 389 g/mol. The van der Waals surface area contributed by atoms with Gasteiger partial charge in [-0.2, -0.15) is 5.26 Å². The van der Waals surface area contributed by atoms with E-state index >= 15 is 0 Å². The van der Waals surface area contributed by atoms with E-state index in [-0.39, 0.29) is 23.9 Å². The summed E-state index contributed by atoms with van der Waals surface area (Å²) >= 11 is 0. The topological polar surface area (TPSA) is 98.1 Å². The highest BCUT2D eigenvalue weighted by molar-refractivity contribution is 6.02. The molecule has 2 N–H and O–H groups in total. The smallest absolute Gasteiger partial charge is 0.320 e. The number of nitriles is 1. The van der Waals surface area contributed by atoms with Gasteiger partial charge in [-0.25, -0.2) is 9.78 Å². The molecule has 3 amide bonds. The second-order valence-electron chi connectivity index (χ2n) is 7.69. The maximum absolute atomic E-state index is 13.0. The summed E-state index contributed by atoms with van der Waals surface area (Å²) in [6, 6.07) is 14.8. The van der Waals surface area contributed by atoms with Crippen LogP contribution in [0.1, 0.15) is 37.8 Å². The van der Waals surface area contributed by atoms with Gasteiger partial charge in [0.15, 0.2) is 0 Å². The summed E-state index contributed by atoms with van der Waals surface area (Å²) in [6.45, 7) is 2.41. The first-order valence-corrected chi connectivity index (χ1v) is 9.85. The summed E-state index contributed by atoms with van der Waals surface area (Å²) < 4.78 is 0. The van der Waals surface area contributed by atoms with Crippen molar-refractivity contribution in [1.29, 1.82) is 5.26 Å². The number of hydrogen-bond acceptors (Lipinski definition) is 4. The summed E-state index contributed by atoms with van der Waals surface area (Å²) in [4.78, 5) is 31.1. The lowest BCUT2D eigenvalue weighted by atomic mass is 9.83. The molecular weight excluding hydrogens is 366 g/mol. The Morgan fingerprint density at radius 1 is 1.31 bits per heavy atom. The Morgan fingerprint density at radius 3 is 2.76 bits per heavy atom. The number of amides is 3. The normalized spacial score (nSPS) is 22.1. The fourth-order valence-corrected chi connectivity index (χ4v) is 3.96. The molecule has 7 heteroatoms. The van der Waals surface area contributed by atoms with Crippen LogP contribution in [0.15, 0.2) is 48.7 Å². The molecule has 2 fully saturated rings. The highest BCUT2D eigenvalue weighted by Gasteiger charge is 2.56. The summed E-state index contributed by atoms with van der Waals surface area (Å²) in [6.07, 6.45) is 3.99. The van der Waals surface area contributed by atoms with Gasteiger partial charge in [-0.1, -0.05) is 30.3 Å². The summed E-state index contributed by atoms with van der Waals surface area (Å²) in [5.41, 5.74) is 0.758. The van der Waals surface area contributed by atoms with Gasteiger partial charge in [0, 0.05) is 24.5 Å². The average Bonchev–Trinajstić information content (AvgIpc) is 3.53. The number of aromatic nitrogens is 1. The minimum atomic E-state index is -0.890. The van der Waals surface area contributed by atoms with Crippen LogP contribution in [0.5, 0.6) is 0 Å². The molecule has 0 spiro atoms. The quantitative estimate of drug-likeness (QED) is 0.816. The molecule has 0 bridgehead atoms. The second kappa shape index (κ2) is 7.55. The van der Waals surface area contributed by atoms with Gasteiger partial charge in [0.05, 0.1) is 12.1 Å². The maximum Gasteiger partial charge on any atom is 0.320 e. The van der Waals surface area contributed by atoms with Crippen molar-refractivity contribution in [2.45, 2.75) is 32.2 Å². The van der Waals surface area contributed by atoms with Crippen molar-refractivity contribution < 1.29 is 9.59 Å². The third-order valence-corrected chi connectivity index (χ3v) is 5.77. The van der Waals surface area contributed by atoms with Gasteiger partial charge in [-0.15, -0.1) is 0 Å². The molecule has 1 aromatic carbocycles. The van der Waals surface area contributed by atoms with E-state index in [2.05, 4.69) is 21.7 Å². The van der Waals surface area contributed by atoms with E-state index in [4.69, 9.17) is 0 Å². The molecule has 2 heterocycles. The van der Waals surface area contributed by atoms with Crippen LogP contribution < -0.4 is 15.5 Å². The maximum atomic E-state index is 13.0. The highest BCUT2D eigenvalue weighted by Crippen LogP contribution is 2.51. The minimum absolute atomic E-state index is 0.137. The van der Waals surface area contributed by atoms with Crippen molar-refractivity contribution in [3.8, 4) is 6.07 Å². The van der Waals surface area contributed by atoms with Gasteiger partial charge >= 0.3 is 6.03 Å². The van der Waals surface area contributed by atoms with E-state index in [1.54, 1.807) is 23.2 Å². The monoisotopic (exact) mass is 389 g/mol. The number of urea groups is 1. The third kappa shape index (κ3) is 3.66. The molecule has 1 saturated carbocycles. The molecule has 7 nitrogen and oxygen atoms in total. The number of anilines is 2. The van der Waals surface area contributed by atoms with Crippen molar-refractivity contribution in [3.63, 3.8) is 0 Å². The first-order chi connectivity index (χ1) is 14.0. The van der Waals surface area contributed by atoms with E-state index in [0.717, 1.165) is 18.4 Å². The van der Waals surface area contributed by atoms with Crippen molar-refractivity contribution >= 4 is 23.4 Å². The van der Waals surface area contributed by atoms with Crippen molar-refractivity contribution in [3.05, 3.63) is 54.2 Å². The summed E-state index contributed by atoms with van der Waals surface area (Å²) in [5.74, 6) is 0.394. The number of nitrogens with one attached hydrogen (secondary N) is 2. The summed E-state index contributed by atoms with van der Waals surface area (Å²) in [7, 11) is 0. The zero-order valence-corrected chi connectivity index (χ0v) is 16.3. The minimum Gasteiger partial charge on any atom is -0.331 e. The number of carbonyl (C=O) groups is 2. The van der Waals surface area contributed by atoms with E-state index < -0.39 is 5.41 Å². The third-order valence-electron chi connectivity index (χ3n) is 5.77. The number of rotatable bonds is 5. The fraction of sp³-hybridized carbons (Fsp3) is 0.364. The van der Waals surface area contributed by atoms with Gasteiger partial charge in [0.25, 0.3) is 0 Å². The zero-order valence-electron chi connectivity index (χ0n) is 16.3. The Morgan fingerprint density at radius 2 is 2.07 bits per heavy atom. The van der Waals surface area contributed by atoms with Crippen LogP contribution in [0.25, 0.3) is 0 Å². The lowest BCUT2D eigenvalue weighted by molar-refractivity contribution is -0.123. The molecule has 1 aromatic heterocycles. The molecule has 0 radical (unpaired) electrons. The molecule has 2 atom stereocenters. The molecule has 0 unspecified atom stereocenters. The predicted molar refractivity (Wildman–Crippen MR) is 109 cm³/mol. The van der Waals surface area contributed by atoms with Crippen LogP contribution in [0, 0.1) is 22.7 Å². The Balaban J connectivity index is 1.43. The van der Waals surface area contributed by atoms with Crippen LogP contribution in [0.3, 0.4) is 0 Å². The number of hydrogen-bond donors (Lipinski definition) is 2. The number of pyridine rings is 1. The van der Waals surface area contributed by atoms with Gasteiger partial charge in [-0.3, -0.25) is 10.1 Å². The molecule has 2 aliphatic rings. The first kappa shape index (κ1) is 18.9. The molecule has 4 rings (SSSR count).